The van der Waals surface area contributed by atoms with Crippen LogP contribution >= 0.6 is 0 Å². The van der Waals surface area contributed by atoms with Crippen LogP contribution in [-0.2, 0) is 11.2 Å². The number of fused-ring (bicyclic) bond motifs is 1. The molecule has 0 unspecified atom stereocenters. The summed E-state index contributed by atoms with van der Waals surface area (Å²) in [5.41, 5.74) is 3.19. The van der Waals surface area contributed by atoms with E-state index in [1.54, 1.807) is 12.1 Å². The van der Waals surface area contributed by atoms with Crippen molar-refractivity contribution in [3.63, 3.8) is 0 Å². The van der Waals surface area contributed by atoms with Crippen molar-refractivity contribution in [2.75, 3.05) is 5.32 Å². The Morgan fingerprint density at radius 1 is 1.19 bits per heavy atom. The van der Waals surface area contributed by atoms with Gasteiger partial charge in [0.1, 0.15) is 11.4 Å². The van der Waals surface area contributed by atoms with Gasteiger partial charge in [-0.15, -0.1) is 0 Å². The largest absolute Gasteiger partial charge is 0.359 e. The fraction of sp³-hybridized carbons (Fsp3) is 0.188. The molecule has 5 nitrogen and oxygen atoms in total. The van der Waals surface area contributed by atoms with Crippen LogP contribution in [0.25, 0.3) is 5.70 Å². The maximum Gasteiger partial charge on any atom is 0.233 e. The first-order valence-electron chi connectivity index (χ1n) is 6.73. The van der Waals surface area contributed by atoms with Gasteiger partial charge in [0.25, 0.3) is 0 Å². The summed E-state index contributed by atoms with van der Waals surface area (Å²) < 4.78 is 5.23. The number of rotatable bonds is 3. The van der Waals surface area contributed by atoms with Gasteiger partial charge in [0.15, 0.2) is 5.76 Å². The Kier molecular flexibility index (Phi) is 3.17. The number of hydrogen-bond donors (Lipinski definition) is 1. The molecule has 21 heavy (non-hydrogen) atoms. The average molecular weight is 282 g/mol. The minimum Gasteiger partial charge on any atom is -0.359 e. The Labute approximate surface area is 121 Å². The van der Waals surface area contributed by atoms with Crippen LogP contribution in [0, 0.1) is 6.92 Å². The molecule has 1 aromatic carbocycles. The van der Waals surface area contributed by atoms with E-state index in [1.165, 1.54) is 6.08 Å². The van der Waals surface area contributed by atoms with Gasteiger partial charge in [-0.25, -0.2) is 0 Å². The molecule has 2 aromatic rings. The first-order valence-corrected chi connectivity index (χ1v) is 6.73. The minimum atomic E-state index is -0.525. The van der Waals surface area contributed by atoms with Crippen molar-refractivity contribution in [3.05, 3.63) is 52.9 Å². The van der Waals surface area contributed by atoms with Crippen LogP contribution < -0.4 is 5.32 Å². The summed E-state index contributed by atoms with van der Waals surface area (Å²) in [6, 6.07) is 7.05. The number of aryl methyl sites for hydroxylation is 2. The van der Waals surface area contributed by atoms with Crippen LogP contribution in [0.15, 0.2) is 34.9 Å². The lowest BCUT2D eigenvalue weighted by Crippen LogP contribution is -2.21. The van der Waals surface area contributed by atoms with Gasteiger partial charge in [0, 0.05) is 23.6 Å². The highest BCUT2D eigenvalue weighted by molar-refractivity contribution is 6.50. The van der Waals surface area contributed by atoms with Gasteiger partial charge in [-0.05, 0) is 6.92 Å². The van der Waals surface area contributed by atoms with E-state index in [1.807, 2.05) is 26.0 Å². The van der Waals surface area contributed by atoms with Crippen LogP contribution in [0.2, 0.25) is 0 Å². The zero-order chi connectivity index (χ0) is 15.0. The van der Waals surface area contributed by atoms with Crippen molar-refractivity contribution in [3.8, 4) is 0 Å². The van der Waals surface area contributed by atoms with Gasteiger partial charge >= 0.3 is 0 Å². The molecule has 1 aliphatic rings. The topological polar surface area (TPSA) is 72.2 Å². The lowest BCUT2D eigenvalue weighted by molar-refractivity contribution is -0.111. The maximum atomic E-state index is 11.9. The zero-order valence-electron chi connectivity index (χ0n) is 11.8. The predicted molar refractivity (Wildman–Crippen MR) is 78.0 cm³/mol. The summed E-state index contributed by atoms with van der Waals surface area (Å²) in [5.74, 6) is -0.285. The van der Waals surface area contributed by atoms with E-state index >= 15 is 0 Å². The second kappa shape index (κ2) is 5.01. The summed E-state index contributed by atoms with van der Waals surface area (Å²) >= 11 is 0. The molecule has 106 valence electrons. The summed E-state index contributed by atoms with van der Waals surface area (Å²) in [4.78, 5) is 23.7. The molecule has 0 saturated carbocycles. The lowest BCUT2D eigenvalue weighted by Gasteiger charge is -2.17. The quantitative estimate of drug-likeness (QED) is 0.876. The minimum absolute atomic E-state index is 0.416. The Bertz CT molecular complexity index is 772. The molecule has 0 aliphatic heterocycles. The molecule has 0 spiro atoms. The Balaban J connectivity index is 2.06. The molecule has 0 amide bonds. The molecule has 0 saturated heterocycles. The molecule has 1 N–H and O–H groups in total. The number of nitrogens with one attached hydrogen (secondary N) is 1. The van der Waals surface area contributed by atoms with Gasteiger partial charge in [0.05, 0.1) is 5.70 Å². The normalized spacial score (nSPS) is 13.9. The lowest BCUT2D eigenvalue weighted by atomic mass is 9.92. The van der Waals surface area contributed by atoms with Gasteiger partial charge < -0.3 is 9.84 Å². The number of Topliss-reactive ketones (excluding diaryl/α,β-unsaturated/α-hetero) is 1. The van der Waals surface area contributed by atoms with Crippen molar-refractivity contribution in [2.24, 2.45) is 0 Å². The van der Waals surface area contributed by atoms with Crippen molar-refractivity contribution in [2.45, 2.75) is 20.3 Å². The summed E-state index contributed by atoms with van der Waals surface area (Å²) in [6.07, 6.45) is 2.02. The number of anilines is 1. The highest BCUT2D eigenvalue weighted by Crippen LogP contribution is 2.29. The fourth-order valence-corrected chi connectivity index (χ4v) is 2.38. The van der Waals surface area contributed by atoms with E-state index in [-0.39, 0.29) is 0 Å². The molecular formula is C16H14N2O3. The van der Waals surface area contributed by atoms with Crippen molar-refractivity contribution in [1.82, 2.24) is 5.16 Å². The van der Waals surface area contributed by atoms with Gasteiger partial charge in [-0.3, -0.25) is 9.59 Å². The molecule has 0 fully saturated rings. The molecule has 0 bridgehead atoms. The molecule has 3 rings (SSSR count). The van der Waals surface area contributed by atoms with Gasteiger partial charge in [0.2, 0.25) is 11.6 Å². The van der Waals surface area contributed by atoms with E-state index in [4.69, 9.17) is 4.52 Å². The molecule has 0 atom stereocenters. The third-order valence-electron chi connectivity index (χ3n) is 3.48. The average Bonchev–Trinajstić information content (AvgIpc) is 2.85. The highest BCUT2D eigenvalue weighted by atomic mass is 16.5. The van der Waals surface area contributed by atoms with E-state index < -0.39 is 11.6 Å². The van der Waals surface area contributed by atoms with Crippen molar-refractivity contribution < 1.29 is 14.1 Å². The van der Waals surface area contributed by atoms with E-state index in [0.29, 0.717) is 23.2 Å². The van der Waals surface area contributed by atoms with Crippen LogP contribution in [0.4, 0.5) is 5.69 Å². The number of ketones is 2. The second-order valence-corrected chi connectivity index (χ2v) is 4.84. The molecule has 5 heteroatoms. The molecular weight excluding hydrogens is 268 g/mol. The number of carbonyl (C=O) groups excluding carboxylic acids is 2. The zero-order valence-corrected chi connectivity index (χ0v) is 11.8. The molecule has 1 aromatic heterocycles. The summed E-state index contributed by atoms with van der Waals surface area (Å²) in [6.45, 7) is 3.79. The van der Waals surface area contributed by atoms with Gasteiger partial charge in [-0.1, -0.05) is 36.3 Å². The van der Waals surface area contributed by atoms with Crippen LogP contribution in [0.1, 0.15) is 34.3 Å². The first kappa shape index (κ1) is 13.3. The molecule has 1 aliphatic carbocycles. The standard InChI is InChI=1S/C16H14N2O3/c1-3-14-15(9(2)18-21-14)17-12-8-13(19)16(20)11-7-5-4-6-10(11)12/h4-8,17H,3H2,1-2H3. The molecule has 1 heterocycles. The number of hydrogen-bond acceptors (Lipinski definition) is 5. The number of allylic oxidation sites excluding steroid dienone is 1. The first-order chi connectivity index (χ1) is 10.1. The summed E-state index contributed by atoms with van der Waals surface area (Å²) in [7, 11) is 0. The Hall–Kier alpha value is -2.69. The van der Waals surface area contributed by atoms with Crippen LogP contribution in [0.3, 0.4) is 0 Å². The van der Waals surface area contributed by atoms with E-state index in [0.717, 1.165) is 17.1 Å². The van der Waals surface area contributed by atoms with E-state index in [2.05, 4.69) is 10.5 Å². The smallest absolute Gasteiger partial charge is 0.233 e. The second-order valence-electron chi connectivity index (χ2n) is 4.84. The van der Waals surface area contributed by atoms with Crippen molar-refractivity contribution >= 4 is 23.0 Å². The monoisotopic (exact) mass is 282 g/mol. The van der Waals surface area contributed by atoms with Crippen LogP contribution in [-0.4, -0.2) is 16.7 Å². The third kappa shape index (κ3) is 2.16. The van der Waals surface area contributed by atoms with Crippen LogP contribution in [0.5, 0.6) is 0 Å². The SMILES string of the molecule is CCc1onc(C)c1NC1=CC(=O)C(=O)c2ccccc21. The number of carbonyl (C=O) groups is 2. The van der Waals surface area contributed by atoms with Crippen molar-refractivity contribution in [1.29, 1.82) is 0 Å². The number of aromatic nitrogens is 1. The Morgan fingerprint density at radius 2 is 1.90 bits per heavy atom. The van der Waals surface area contributed by atoms with E-state index in [9.17, 15) is 9.59 Å². The fourth-order valence-electron chi connectivity index (χ4n) is 2.38. The van der Waals surface area contributed by atoms with Gasteiger partial charge in [-0.2, -0.15) is 0 Å². The number of nitrogens with zero attached hydrogens (tertiary/aromatic N) is 1. The highest BCUT2D eigenvalue weighted by Gasteiger charge is 2.26. The molecule has 0 radical (unpaired) electrons. The predicted octanol–water partition coefficient (Wildman–Crippen LogP) is 2.76. The third-order valence-corrected chi connectivity index (χ3v) is 3.48. The Morgan fingerprint density at radius 3 is 2.62 bits per heavy atom. The summed E-state index contributed by atoms with van der Waals surface area (Å²) in [5, 5.41) is 7.11. The maximum absolute atomic E-state index is 11.9. The number of benzene rings is 1.